The average molecular weight is 292 g/mol. The Bertz CT molecular complexity index is 650. The highest BCUT2D eigenvalue weighted by atomic mass is 16.2. The summed E-state index contributed by atoms with van der Waals surface area (Å²) in [6.45, 7) is 1.53. The van der Waals surface area contributed by atoms with Crippen LogP contribution in [0.4, 0.5) is 0 Å². The van der Waals surface area contributed by atoms with Crippen LogP contribution in [0.2, 0.25) is 0 Å². The van der Waals surface area contributed by atoms with E-state index >= 15 is 0 Å². The Balaban J connectivity index is 1.54. The van der Waals surface area contributed by atoms with Gasteiger partial charge in [0.1, 0.15) is 0 Å². The smallest absolute Gasteiger partial charge is 0.223 e. The Labute approximate surface area is 131 Å². The molecule has 0 unspecified atom stereocenters. The maximum atomic E-state index is 12.3. The van der Waals surface area contributed by atoms with Crippen LogP contribution in [0.1, 0.15) is 24.0 Å². The van der Waals surface area contributed by atoms with Gasteiger partial charge in [-0.2, -0.15) is 0 Å². The van der Waals surface area contributed by atoms with Crippen LogP contribution in [-0.4, -0.2) is 28.9 Å². The zero-order valence-corrected chi connectivity index (χ0v) is 12.6. The summed E-state index contributed by atoms with van der Waals surface area (Å²) in [7, 11) is 0. The molecule has 0 fully saturated rings. The number of carbonyl (C=O) groups is 1. The molecule has 0 bridgehead atoms. The van der Waals surface area contributed by atoms with Crippen LogP contribution in [0, 0.1) is 0 Å². The Kier molecular flexibility index (Phi) is 4.64. The van der Waals surface area contributed by atoms with Gasteiger partial charge in [-0.25, -0.2) is 0 Å². The molecule has 1 aromatic carbocycles. The highest BCUT2D eigenvalue weighted by Crippen LogP contribution is 2.22. The third-order valence-corrected chi connectivity index (χ3v) is 4.06. The molecule has 0 spiro atoms. The van der Waals surface area contributed by atoms with E-state index in [0.717, 1.165) is 31.5 Å². The van der Waals surface area contributed by atoms with E-state index in [2.05, 4.69) is 35.3 Å². The lowest BCUT2D eigenvalue weighted by molar-refractivity contribution is -0.130. The molecular formula is C19H20N2O. The fourth-order valence-corrected chi connectivity index (χ4v) is 2.77. The number of pyridine rings is 1. The van der Waals surface area contributed by atoms with Crippen molar-refractivity contribution in [1.82, 2.24) is 9.88 Å². The van der Waals surface area contributed by atoms with E-state index in [4.69, 9.17) is 0 Å². The molecule has 1 amide bonds. The van der Waals surface area contributed by atoms with Crippen molar-refractivity contribution in [3.8, 4) is 0 Å². The van der Waals surface area contributed by atoms with Crippen molar-refractivity contribution in [2.24, 2.45) is 0 Å². The van der Waals surface area contributed by atoms with Crippen molar-refractivity contribution >= 4 is 11.5 Å². The second-order valence-corrected chi connectivity index (χ2v) is 5.55. The zero-order valence-electron chi connectivity index (χ0n) is 12.6. The van der Waals surface area contributed by atoms with Crippen LogP contribution in [0.3, 0.4) is 0 Å². The van der Waals surface area contributed by atoms with Crippen LogP contribution < -0.4 is 0 Å². The van der Waals surface area contributed by atoms with Gasteiger partial charge < -0.3 is 4.90 Å². The monoisotopic (exact) mass is 292 g/mol. The highest BCUT2D eigenvalue weighted by molar-refractivity contribution is 5.78. The third-order valence-electron chi connectivity index (χ3n) is 4.06. The lowest BCUT2D eigenvalue weighted by Crippen LogP contribution is -2.34. The Morgan fingerprint density at radius 2 is 2.00 bits per heavy atom. The summed E-state index contributed by atoms with van der Waals surface area (Å²) in [4.78, 5) is 18.3. The molecule has 112 valence electrons. The first-order valence-electron chi connectivity index (χ1n) is 7.74. The molecular weight excluding hydrogens is 272 g/mol. The molecule has 1 aliphatic heterocycles. The van der Waals surface area contributed by atoms with E-state index in [1.807, 2.05) is 29.3 Å². The van der Waals surface area contributed by atoms with Crippen LogP contribution in [0.5, 0.6) is 0 Å². The van der Waals surface area contributed by atoms with Gasteiger partial charge in [0.25, 0.3) is 0 Å². The number of carbonyl (C=O) groups excluding carboxylic acids is 1. The molecule has 1 aromatic heterocycles. The molecule has 3 nitrogen and oxygen atoms in total. The van der Waals surface area contributed by atoms with Crippen molar-refractivity contribution in [1.29, 1.82) is 0 Å². The van der Waals surface area contributed by atoms with Crippen molar-refractivity contribution in [3.05, 3.63) is 72.1 Å². The molecule has 2 aromatic rings. The first-order chi connectivity index (χ1) is 10.8. The highest BCUT2D eigenvalue weighted by Gasteiger charge is 2.17. The van der Waals surface area contributed by atoms with E-state index in [-0.39, 0.29) is 5.91 Å². The van der Waals surface area contributed by atoms with Crippen molar-refractivity contribution in [2.45, 2.75) is 19.3 Å². The number of hydrogen-bond acceptors (Lipinski definition) is 2. The second kappa shape index (κ2) is 7.03. The summed E-state index contributed by atoms with van der Waals surface area (Å²) >= 11 is 0. The number of nitrogens with zero attached hydrogens (tertiary/aromatic N) is 2. The van der Waals surface area contributed by atoms with Gasteiger partial charge in [0.15, 0.2) is 0 Å². The number of aromatic nitrogens is 1. The first-order valence-corrected chi connectivity index (χ1v) is 7.74. The minimum atomic E-state index is 0.229. The van der Waals surface area contributed by atoms with Crippen LogP contribution >= 0.6 is 0 Å². The quantitative estimate of drug-likeness (QED) is 0.866. The molecule has 0 atom stereocenters. The Morgan fingerprint density at radius 3 is 2.68 bits per heavy atom. The number of amides is 1. The summed E-state index contributed by atoms with van der Waals surface area (Å²) in [5.41, 5.74) is 3.73. The number of aryl methyl sites for hydroxylation is 1. The number of rotatable bonds is 4. The van der Waals surface area contributed by atoms with Gasteiger partial charge in [0.2, 0.25) is 5.91 Å². The van der Waals surface area contributed by atoms with Gasteiger partial charge >= 0.3 is 0 Å². The van der Waals surface area contributed by atoms with Gasteiger partial charge in [-0.15, -0.1) is 0 Å². The molecule has 0 N–H and O–H groups in total. The minimum Gasteiger partial charge on any atom is -0.339 e. The third kappa shape index (κ3) is 3.61. The van der Waals surface area contributed by atoms with E-state index in [1.165, 1.54) is 11.1 Å². The maximum Gasteiger partial charge on any atom is 0.223 e. The van der Waals surface area contributed by atoms with Crippen molar-refractivity contribution < 1.29 is 4.79 Å². The molecule has 22 heavy (non-hydrogen) atoms. The zero-order chi connectivity index (χ0) is 15.2. The van der Waals surface area contributed by atoms with E-state index in [9.17, 15) is 4.79 Å². The SMILES string of the molecule is O=C(CCc1cccnc1)N1CC=C(c2ccccc2)CC1. The molecule has 1 aliphatic rings. The topological polar surface area (TPSA) is 33.2 Å². The standard InChI is InChI=1S/C19H20N2O/c22-19(9-8-16-5-4-12-20-15-16)21-13-10-18(11-14-21)17-6-2-1-3-7-17/h1-7,10,12,15H,8-9,11,13-14H2. The summed E-state index contributed by atoms with van der Waals surface area (Å²) in [5, 5.41) is 0. The van der Waals surface area contributed by atoms with Crippen molar-refractivity contribution in [3.63, 3.8) is 0 Å². The predicted octanol–water partition coefficient (Wildman–Crippen LogP) is 3.33. The summed E-state index contributed by atoms with van der Waals surface area (Å²) in [6.07, 6.45) is 8.02. The fourth-order valence-electron chi connectivity index (χ4n) is 2.77. The second-order valence-electron chi connectivity index (χ2n) is 5.55. The molecule has 3 rings (SSSR count). The molecule has 0 saturated carbocycles. The van der Waals surface area contributed by atoms with Gasteiger partial charge in [0, 0.05) is 31.9 Å². The largest absolute Gasteiger partial charge is 0.339 e. The van der Waals surface area contributed by atoms with E-state index in [0.29, 0.717) is 6.42 Å². The lowest BCUT2D eigenvalue weighted by atomic mass is 9.99. The van der Waals surface area contributed by atoms with Crippen LogP contribution in [-0.2, 0) is 11.2 Å². The van der Waals surface area contributed by atoms with Gasteiger partial charge in [0.05, 0.1) is 0 Å². The van der Waals surface area contributed by atoms with Crippen molar-refractivity contribution in [2.75, 3.05) is 13.1 Å². The summed E-state index contributed by atoms with van der Waals surface area (Å²) in [6, 6.07) is 14.3. The summed E-state index contributed by atoms with van der Waals surface area (Å²) < 4.78 is 0. The van der Waals surface area contributed by atoms with Gasteiger partial charge in [-0.3, -0.25) is 9.78 Å². The fraction of sp³-hybridized carbons (Fsp3) is 0.263. The maximum absolute atomic E-state index is 12.3. The Morgan fingerprint density at radius 1 is 1.14 bits per heavy atom. The average Bonchev–Trinajstić information content (AvgIpc) is 2.61. The van der Waals surface area contributed by atoms with Gasteiger partial charge in [-0.05, 0) is 35.6 Å². The predicted molar refractivity (Wildman–Crippen MR) is 88.2 cm³/mol. The van der Waals surface area contributed by atoms with E-state index in [1.54, 1.807) is 6.20 Å². The van der Waals surface area contributed by atoms with Crippen LogP contribution in [0.25, 0.3) is 5.57 Å². The molecule has 2 heterocycles. The number of benzene rings is 1. The first kappa shape index (κ1) is 14.5. The minimum absolute atomic E-state index is 0.229. The molecule has 0 saturated heterocycles. The normalized spacial score (nSPS) is 14.5. The molecule has 0 radical (unpaired) electrons. The van der Waals surface area contributed by atoms with Gasteiger partial charge in [-0.1, -0.05) is 42.5 Å². The Hall–Kier alpha value is -2.42. The lowest BCUT2D eigenvalue weighted by Gasteiger charge is -2.26. The molecule has 0 aliphatic carbocycles. The summed E-state index contributed by atoms with van der Waals surface area (Å²) in [5.74, 6) is 0.229. The molecule has 3 heteroatoms. The van der Waals surface area contributed by atoms with E-state index < -0.39 is 0 Å². The number of hydrogen-bond donors (Lipinski definition) is 0. The van der Waals surface area contributed by atoms with Crippen LogP contribution in [0.15, 0.2) is 60.9 Å².